The van der Waals surface area contributed by atoms with Crippen molar-refractivity contribution >= 4 is 27.4 Å². The second-order valence-corrected chi connectivity index (χ2v) is 9.16. The Morgan fingerprint density at radius 1 is 1.24 bits per heavy atom. The first-order valence-electron chi connectivity index (χ1n) is 9.18. The number of ether oxygens (including phenoxy) is 1. The van der Waals surface area contributed by atoms with E-state index in [0.717, 1.165) is 10.6 Å². The van der Waals surface area contributed by atoms with Gasteiger partial charge >= 0.3 is 5.97 Å². The number of rotatable bonds is 5. The average Bonchev–Trinajstić information content (AvgIpc) is 3.33. The van der Waals surface area contributed by atoms with Gasteiger partial charge in [-0.3, -0.25) is 4.79 Å². The Balaban J connectivity index is 1.40. The fraction of sp³-hybridized carbons (Fsp3) is 0.368. The summed E-state index contributed by atoms with van der Waals surface area (Å²) in [4.78, 5) is 28.8. The second-order valence-electron chi connectivity index (χ2n) is 6.93. The molecule has 0 unspecified atom stereocenters. The molecule has 4 rings (SSSR count). The Morgan fingerprint density at radius 2 is 2.03 bits per heavy atom. The summed E-state index contributed by atoms with van der Waals surface area (Å²) >= 11 is 0. The summed E-state index contributed by atoms with van der Waals surface area (Å²) in [7, 11) is -3.17. The number of hydrogen-bond donors (Lipinski definition) is 0. The third kappa shape index (κ3) is 4.37. The molecule has 10 heteroatoms. The molecule has 2 aromatic rings. The predicted molar refractivity (Wildman–Crippen MR) is 102 cm³/mol. The zero-order valence-electron chi connectivity index (χ0n) is 15.5. The van der Waals surface area contributed by atoms with Crippen molar-refractivity contribution in [3.8, 4) is 11.5 Å². The predicted octanol–water partition coefficient (Wildman–Crippen LogP) is 1.55. The van der Waals surface area contributed by atoms with Crippen molar-refractivity contribution in [2.75, 3.05) is 11.5 Å². The number of nitrogens with zero attached hydrogens (tertiary/aromatic N) is 3. The van der Waals surface area contributed by atoms with E-state index >= 15 is 0 Å². The molecule has 0 saturated carbocycles. The van der Waals surface area contributed by atoms with Crippen molar-refractivity contribution in [1.82, 2.24) is 9.99 Å². The van der Waals surface area contributed by atoms with E-state index in [1.807, 2.05) is 30.3 Å². The van der Waals surface area contributed by atoms with Crippen LogP contribution in [0.5, 0.6) is 0 Å². The summed E-state index contributed by atoms with van der Waals surface area (Å²) in [6, 6.07) is 8.79. The highest BCUT2D eigenvalue weighted by Crippen LogP contribution is 2.23. The van der Waals surface area contributed by atoms with Crippen molar-refractivity contribution in [3.05, 3.63) is 42.3 Å². The molecule has 1 aromatic heterocycles. The molecule has 3 heterocycles. The molecule has 0 radical (unpaired) electrons. The molecule has 1 aromatic carbocycles. The van der Waals surface area contributed by atoms with E-state index in [4.69, 9.17) is 9.15 Å². The minimum absolute atomic E-state index is 0.0205. The molecule has 1 atom stereocenters. The van der Waals surface area contributed by atoms with Gasteiger partial charge in [0.15, 0.2) is 9.84 Å². The van der Waals surface area contributed by atoms with Crippen LogP contribution in [0.2, 0.25) is 0 Å². The van der Waals surface area contributed by atoms with Crippen molar-refractivity contribution in [1.29, 1.82) is 0 Å². The van der Waals surface area contributed by atoms with E-state index in [2.05, 4.69) is 10.1 Å². The molecule has 9 nitrogen and oxygen atoms in total. The van der Waals surface area contributed by atoms with Crippen LogP contribution in [0.1, 0.15) is 25.0 Å². The quantitative estimate of drug-likeness (QED) is 0.677. The third-order valence-electron chi connectivity index (χ3n) is 4.77. The Bertz CT molecular complexity index is 1060. The van der Waals surface area contributed by atoms with E-state index in [9.17, 15) is 18.0 Å². The molecule has 2 aliphatic heterocycles. The van der Waals surface area contributed by atoms with Crippen LogP contribution < -0.4 is 0 Å². The van der Waals surface area contributed by atoms with Crippen LogP contribution in [-0.2, 0) is 30.8 Å². The van der Waals surface area contributed by atoms with E-state index in [1.165, 1.54) is 6.26 Å². The van der Waals surface area contributed by atoms with E-state index < -0.39 is 21.8 Å². The zero-order valence-corrected chi connectivity index (χ0v) is 16.3. The summed E-state index contributed by atoms with van der Waals surface area (Å²) in [5, 5.41) is 5.23. The molecule has 0 N–H and O–H groups in total. The number of hydrogen-bond acceptors (Lipinski definition) is 8. The van der Waals surface area contributed by atoms with Gasteiger partial charge in [-0.1, -0.05) is 18.2 Å². The van der Waals surface area contributed by atoms with Crippen LogP contribution >= 0.6 is 0 Å². The SMILES string of the molecule is O=C(OCc1coc(-c2ccccc2)n1)C1=NN([C@@H]2CCS(=O)(=O)C2)C(=O)CC1. The Morgan fingerprint density at radius 3 is 2.76 bits per heavy atom. The molecular formula is C19H19N3O6S. The van der Waals surface area contributed by atoms with Gasteiger partial charge in [0, 0.05) is 18.4 Å². The molecule has 29 heavy (non-hydrogen) atoms. The van der Waals surface area contributed by atoms with Crippen LogP contribution in [0, 0.1) is 0 Å². The summed E-state index contributed by atoms with van der Waals surface area (Å²) in [6.07, 6.45) is 1.98. The lowest BCUT2D eigenvalue weighted by atomic mass is 10.1. The molecule has 1 fully saturated rings. The van der Waals surface area contributed by atoms with Gasteiger partial charge in [-0.15, -0.1) is 0 Å². The topological polar surface area (TPSA) is 119 Å². The summed E-state index contributed by atoms with van der Waals surface area (Å²) in [5.74, 6) is -0.635. The van der Waals surface area contributed by atoms with E-state index in [0.29, 0.717) is 18.0 Å². The summed E-state index contributed by atoms with van der Waals surface area (Å²) < 4.78 is 34.0. The van der Waals surface area contributed by atoms with Crippen LogP contribution in [-0.4, -0.2) is 53.5 Å². The zero-order chi connectivity index (χ0) is 20.4. The van der Waals surface area contributed by atoms with Gasteiger partial charge in [-0.25, -0.2) is 23.2 Å². The highest BCUT2D eigenvalue weighted by molar-refractivity contribution is 7.91. The highest BCUT2D eigenvalue weighted by atomic mass is 32.2. The Kier molecular flexibility index (Phi) is 5.18. The van der Waals surface area contributed by atoms with Crippen LogP contribution in [0.4, 0.5) is 0 Å². The smallest absolute Gasteiger partial charge is 0.354 e. The summed E-state index contributed by atoms with van der Waals surface area (Å²) in [6.45, 7) is -0.0973. The normalized spacial score (nSPS) is 21.1. The van der Waals surface area contributed by atoms with Gasteiger partial charge in [0.05, 0.1) is 17.5 Å². The van der Waals surface area contributed by atoms with Crippen molar-refractivity contribution in [3.63, 3.8) is 0 Å². The second kappa shape index (κ2) is 7.78. The first-order valence-corrected chi connectivity index (χ1v) is 11.0. The number of oxazole rings is 1. The maximum absolute atomic E-state index is 12.4. The lowest BCUT2D eigenvalue weighted by Gasteiger charge is -2.27. The van der Waals surface area contributed by atoms with Crippen molar-refractivity contribution in [2.24, 2.45) is 5.10 Å². The molecular weight excluding hydrogens is 398 g/mol. The number of esters is 1. The number of carbonyl (C=O) groups is 2. The maximum atomic E-state index is 12.4. The molecule has 152 valence electrons. The standard InChI is InChI=1S/C19H19N3O6S/c23-17-7-6-16(21-22(17)15-8-9-29(25,26)12-15)19(24)28-11-14-10-27-18(20-14)13-4-2-1-3-5-13/h1-5,10,15H,6-9,11-12H2/t15-/m1/s1. The van der Waals surface area contributed by atoms with Gasteiger partial charge in [0.2, 0.25) is 11.8 Å². The average molecular weight is 417 g/mol. The fourth-order valence-electron chi connectivity index (χ4n) is 3.28. The molecule has 1 amide bonds. The van der Waals surface area contributed by atoms with Gasteiger partial charge < -0.3 is 9.15 Å². The van der Waals surface area contributed by atoms with Crippen LogP contribution in [0.15, 0.2) is 46.1 Å². The minimum atomic E-state index is -3.17. The van der Waals surface area contributed by atoms with E-state index in [1.54, 1.807) is 0 Å². The van der Waals surface area contributed by atoms with Gasteiger partial charge in [0.25, 0.3) is 0 Å². The monoisotopic (exact) mass is 417 g/mol. The minimum Gasteiger partial charge on any atom is -0.455 e. The lowest BCUT2D eigenvalue weighted by molar-refractivity contribution is -0.138. The molecule has 2 aliphatic rings. The van der Waals surface area contributed by atoms with Crippen molar-refractivity contribution in [2.45, 2.75) is 31.9 Å². The number of hydrazone groups is 1. The lowest BCUT2D eigenvalue weighted by Crippen LogP contribution is -2.42. The van der Waals surface area contributed by atoms with Gasteiger partial charge in [-0.05, 0) is 18.6 Å². The number of sulfone groups is 1. The largest absolute Gasteiger partial charge is 0.455 e. The molecule has 1 saturated heterocycles. The number of carbonyl (C=O) groups excluding carboxylic acids is 2. The van der Waals surface area contributed by atoms with Crippen LogP contribution in [0.25, 0.3) is 11.5 Å². The summed E-state index contributed by atoms with van der Waals surface area (Å²) in [5.41, 5.74) is 1.35. The molecule has 0 spiro atoms. The highest BCUT2D eigenvalue weighted by Gasteiger charge is 2.37. The number of aromatic nitrogens is 1. The third-order valence-corrected chi connectivity index (χ3v) is 6.52. The first-order chi connectivity index (χ1) is 13.9. The van der Waals surface area contributed by atoms with Crippen molar-refractivity contribution < 1.29 is 27.2 Å². The Labute approximate surface area is 167 Å². The van der Waals surface area contributed by atoms with Gasteiger partial charge in [0.1, 0.15) is 24.3 Å². The first kappa shape index (κ1) is 19.3. The maximum Gasteiger partial charge on any atom is 0.354 e. The molecule has 0 aliphatic carbocycles. The Hall–Kier alpha value is -3.01. The fourth-order valence-corrected chi connectivity index (χ4v) is 4.97. The van der Waals surface area contributed by atoms with Crippen LogP contribution in [0.3, 0.4) is 0 Å². The number of amides is 1. The van der Waals surface area contributed by atoms with Gasteiger partial charge in [-0.2, -0.15) is 5.10 Å². The number of benzene rings is 1. The molecule has 0 bridgehead atoms. The van der Waals surface area contributed by atoms with E-state index in [-0.39, 0.29) is 42.6 Å².